The topological polar surface area (TPSA) is 55.7 Å². The van der Waals surface area contributed by atoms with Crippen molar-refractivity contribution in [3.8, 4) is 0 Å². The van der Waals surface area contributed by atoms with Crippen molar-refractivity contribution in [2.75, 3.05) is 6.61 Å². The van der Waals surface area contributed by atoms with E-state index in [0.29, 0.717) is 0 Å². The molecule has 1 atom stereocenters. The summed E-state index contributed by atoms with van der Waals surface area (Å²) in [6, 6.07) is 4.05. The molecule has 1 aromatic rings. The minimum Gasteiger partial charge on any atom is -0.464 e. The van der Waals surface area contributed by atoms with Crippen molar-refractivity contribution in [3.63, 3.8) is 0 Å². The van der Waals surface area contributed by atoms with E-state index in [9.17, 15) is 14.1 Å². The highest BCUT2D eigenvalue weighted by Gasteiger charge is 2.25. The van der Waals surface area contributed by atoms with E-state index in [-0.39, 0.29) is 12.2 Å². The quantitative estimate of drug-likeness (QED) is 0.566. The van der Waals surface area contributed by atoms with Crippen LogP contribution in [0.4, 0.5) is 4.39 Å². The molecule has 0 bridgehead atoms. The fourth-order valence-corrected chi connectivity index (χ4v) is 1.14. The van der Waals surface area contributed by atoms with Gasteiger partial charge in [-0.15, -0.1) is 4.91 Å². The van der Waals surface area contributed by atoms with Crippen molar-refractivity contribution >= 4 is 5.97 Å². The monoisotopic (exact) mass is 211 g/mol. The van der Waals surface area contributed by atoms with Crippen LogP contribution in [-0.4, -0.2) is 12.6 Å². The zero-order valence-corrected chi connectivity index (χ0v) is 8.14. The number of hydrogen-bond acceptors (Lipinski definition) is 4. The molecule has 80 valence electrons. The number of esters is 1. The number of hydrogen-bond donors (Lipinski definition) is 0. The van der Waals surface area contributed by atoms with Gasteiger partial charge in [0.2, 0.25) is 6.04 Å². The number of halogens is 1. The van der Waals surface area contributed by atoms with E-state index in [2.05, 4.69) is 9.91 Å². The summed E-state index contributed by atoms with van der Waals surface area (Å²) in [6.45, 7) is 1.72. The Morgan fingerprint density at radius 2 is 2.20 bits per heavy atom. The van der Waals surface area contributed by atoms with E-state index in [1.807, 2.05) is 0 Å². The lowest BCUT2D eigenvalue weighted by Gasteiger charge is -2.08. The van der Waals surface area contributed by atoms with Crippen molar-refractivity contribution < 1.29 is 13.9 Å². The Morgan fingerprint density at radius 1 is 1.53 bits per heavy atom. The lowest BCUT2D eigenvalue weighted by atomic mass is 10.1. The maximum Gasteiger partial charge on any atom is 0.339 e. The van der Waals surface area contributed by atoms with Gasteiger partial charge in [0.05, 0.1) is 6.61 Å². The largest absolute Gasteiger partial charge is 0.464 e. The third-order valence-electron chi connectivity index (χ3n) is 1.82. The first-order valence-electron chi connectivity index (χ1n) is 4.44. The molecule has 15 heavy (non-hydrogen) atoms. The molecule has 4 nitrogen and oxygen atoms in total. The van der Waals surface area contributed by atoms with Crippen LogP contribution in [0.3, 0.4) is 0 Å². The lowest BCUT2D eigenvalue weighted by molar-refractivity contribution is -0.144. The van der Waals surface area contributed by atoms with E-state index >= 15 is 0 Å². The van der Waals surface area contributed by atoms with Gasteiger partial charge in [-0.05, 0) is 18.2 Å². The van der Waals surface area contributed by atoms with Crippen LogP contribution in [0.5, 0.6) is 0 Å². The normalized spacial score (nSPS) is 11.9. The van der Waals surface area contributed by atoms with Crippen LogP contribution in [0.1, 0.15) is 18.5 Å². The summed E-state index contributed by atoms with van der Waals surface area (Å²) in [5.41, 5.74) is -0.0639. The van der Waals surface area contributed by atoms with Gasteiger partial charge in [0.1, 0.15) is 5.82 Å². The van der Waals surface area contributed by atoms with Crippen LogP contribution in [0.15, 0.2) is 29.4 Å². The van der Waals surface area contributed by atoms with E-state index in [1.54, 1.807) is 6.92 Å². The van der Waals surface area contributed by atoms with Crippen LogP contribution in [0, 0.1) is 10.7 Å². The molecule has 0 aliphatic rings. The molecule has 0 N–H and O–H groups in total. The predicted octanol–water partition coefficient (Wildman–Crippen LogP) is 2.20. The van der Waals surface area contributed by atoms with Gasteiger partial charge in [-0.2, -0.15) is 0 Å². The zero-order valence-electron chi connectivity index (χ0n) is 8.14. The molecule has 1 unspecified atom stereocenters. The van der Waals surface area contributed by atoms with Gasteiger partial charge in [-0.3, -0.25) is 0 Å². The molecule has 0 heterocycles. The third kappa shape index (κ3) is 2.59. The minimum absolute atomic E-state index is 0.0639. The van der Waals surface area contributed by atoms with Crippen LogP contribution in [0.25, 0.3) is 0 Å². The van der Waals surface area contributed by atoms with Gasteiger partial charge in [0.25, 0.3) is 0 Å². The van der Waals surface area contributed by atoms with Gasteiger partial charge in [-0.1, -0.05) is 18.2 Å². The van der Waals surface area contributed by atoms with Crippen molar-refractivity contribution in [1.29, 1.82) is 0 Å². The Morgan fingerprint density at radius 3 is 2.73 bits per heavy atom. The predicted molar refractivity (Wildman–Crippen MR) is 51.6 cm³/mol. The average Bonchev–Trinajstić information content (AvgIpc) is 2.22. The molecule has 0 fully saturated rings. The van der Waals surface area contributed by atoms with E-state index in [4.69, 9.17) is 0 Å². The number of ether oxygens (including phenoxy) is 1. The summed E-state index contributed by atoms with van der Waals surface area (Å²) in [5.74, 6) is -1.48. The Balaban J connectivity index is 2.97. The average molecular weight is 211 g/mol. The number of carbonyl (C=O) groups excluding carboxylic acids is 1. The fraction of sp³-hybridized carbons (Fsp3) is 0.300. The van der Waals surface area contributed by atoms with Gasteiger partial charge in [-0.25, -0.2) is 9.18 Å². The Labute approximate surface area is 86.0 Å². The maximum atomic E-state index is 13.2. The van der Waals surface area contributed by atoms with Gasteiger partial charge in [0.15, 0.2) is 0 Å². The smallest absolute Gasteiger partial charge is 0.339 e. The molecule has 0 aliphatic carbocycles. The van der Waals surface area contributed by atoms with E-state index in [0.717, 1.165) is 6.07 Å². The highest BCUT2D eigenvalue weighted by molar-refractivity contribution is 5.77. The van der Waals surface area contributed by atoms with Crippen LogP contribution < -0.4 is 0 Å². The van der Waals surface area contributed by atoms with E-state index in [1.165, 1.54) is 18.2 Å². The summed E-state index contributed by atoms with van der Waals surface area (Å²) < 4.78 is 17.8. The highest BCUT2D eigenvalue weighted by Crippen LogP contribution is 2.21. The molecule has 0 radical (unpaired) electrons. The zero-order chi connectivity index (χ0) is 11.3. The first kappa shape index (κ1) is 11.3. The minimum atomic E-state index is -1.42. The van der Waals surface area contributed by atoms with Gasteiger partial charge in [0, 0.05) is 5.56 Å². The second-order valence-electron chi connectivity index (χ2n) is 2.78. The summed E-state index contributed by atoms with van der Waals surface area (Å²) in [5, 5.41) is 2.57. The third-order valence-corrected chi connectivity index (χ3v) is 1.82. The van der Waals surface area contributed by atoms with Crippen LogP contribution in [0.2, 0.25) is 0 Å². The van der Waals surface area contributed by atoms with Gasteiger partial charge < -0.3 is 4.74 Å². The molecule has 0 amide bonds. The van der Waals surface area contributed by atoms with E-state index < -0.39 is 17.8 Å². The standard InChI is InChI=1S/C10H10FNO3/c1-2-15-10(13)9(12-14)7-5-3-4-6-8(7)11/h3-6,9H,2H2,1H3. The summed E-state index contributed by atoms with van der Waals surface area (Å²) >= 11 is 0. The Bertz CT molecular complexity index is 367. The molecule has 0 aliphatic heterocycles. The number of nitroso groups, excluding NO2 is 1. The summed E-state index contributed by atoms with van der Waals surface area (Å²) in [4.78, 5) is 21.7. The molecule has 0 aromatic heterocycles. The number of benzene rings is 1. The van der Waals surface area contributed by atoms with Crippen molar-refractivity contribution in [1.82, 2.24) is 0 Å². The Kier molecular flexibility index (Phi) is 3.91. The Hall–Kier alpha value is -1.78. The second-order valence-corrected chi connectivity index (χ2v) is 2.78. The summed E-state index contributed by atoms with van der Waals surface area (Å²) in [7, 11) is 0. The van der Waals surface area contributed by atoms with Gasteiger partial charge >= 0.3 is 5.97 Å². The molecule has 1 aromatic carbocycles. The van der Waals surface area contributed by atoms with Crippen molar-refractivity contribution in [2.24, 2.45) is 5.18 Å². The SMILES string of the molecule is CCOC(=O)C(N=O)c1ccccc1F. The molecular weight excluding hydrogens is 201 g/mol. The van der Waals surface area contributed by atoms with Crippen molar-refractivity contribution in [3.05, 3.63) is 40.6 Å². The first-order valence-corrected chi connectivity index (χ1v) is 4.44. The second kappa shape index (κ2) is 5.19. The molecule has 5 heteroatoms. The molecule has 0 spiro atoms. The molecule has 0 saturated carbocycles. The highest BCUT2D eigenvalue weighted by atomic mass is 19.1. The number of carbonyl (C=O) groups is 1. The number of nitrogens with zero attached hydrogens (tertiary/aromatic N) is 1. The van der Waals surface area contributed by atoms with Crippen LogP contribution >= 0.6 is 0 Å². The fourth-order valence-electron chi connectivity index (χ4n) is 1.14. The lowest BCUT2D eigenvalue weighted by Crippen LogP contribution is -2.14. The molecular formula is C10H10FNO3. The maximum absolute atomic E-state index is 13.2. The molecule has 1 rings (SSSR count). The van der Waals surface area contributed by atoms with Crippen LogP contribution in [-0.2, 0) is 9.53 Å². The number of rotatable bonds is 4. The molecule has 0 saturated heterocycles. The van der Waals surface area contributed by atoms with Crippen molar-refractivity contribution in [2.45, 2.75) is 13.0 Å². The first-order chi connectivity index (χ1) is 7.20. The summed E-state index contributed by atoms with van der Waals surface area (Å²) in [6.07, 6.45) is 0.